The summed E-state index contributed by atoms with van der Waals surface area (Å²) in [7, 11) is 0. The summed E-state index contributed by atoms with van der Waals surface area (Å²) in [5.41, 5.74) is 3.47. The van der Waals surface area contributed by atoms with Crippen LogP contribution in [0.1, 0.15) is 21.8 Å². The molecule has 0 unspecified atom stereocenters. The number of carbonyl (C=O) groups excluding carboxylic acids is 1. The van der Waals surface area contributed by atoms with Crippen molar-refractivity contribution in [2.75, 3.05) is 5.32 Å². The second-order valence-corrected chi connectivity index (χ2v) is 5.73. The zero-order valence-electron chi connectivity index (χ0n) is 12.1. The van der Waals surface area contributed by atoms with Crippen LogP contribution in [0.15, 0.2) is 29.2 Å². The Labute approximate surface area is 127 Å². The van der Waals surface area contributed by atoms with E-state index in [0.717, 1.165) is 21.8 Å². The van der Waals surface area contributed by atoms with Crippen LogP contribution in [0.25, 0.3) is 6.08 Å². The molecular weight excluding hydrogens is 282 g/mol. The van der Waals surface area contributed by atoms with Gasteiger partial charge in [0, 0.05) is 11.1 Å². The van der Waals surface area contributed by atoms with Crippen molar-refractivity contribution in [1.29, 1.82) is 5.26 Å². The van der Waals surface area contributed by atoms with E-state index in [-0.39, 0.29) is 5.57 Å². The van der Waals surface area contributed by atoms with Crippen LogP contribution in [-0.2, 0) is 4.79 Å². The van der Waals surface area contributed by atoms with Gasteiger partial charge < -0.3 is 5.32 Å². The lowest BCUT2D eigenvalue weighted by atomic mass is 10.1. The first-order valence-corrected chi connectivity index (χ1v) is 7.30. The van der Waals surface area contributed by atoms with Crippen molar-refractivity contribution in [3.63, 3.8) is 0 Å². The summed E-state index contributed by atoms with van der Waals surface area (Å²) < 4.78 is 0. The number of hydrogen-bond acceptors (Lipinski definition) is 4. The molecule has 5 heteroatoms. The number of aromatic nitrogens is 1. The highest BCUT2D eigenvalue weighted by atomic mass is 32.1. The van der Waals surface area contributed by atoms with Crippen LogP contribution < -0.4 is 5.32 Å². The average Bonchev–Trinajstić information content (AvgIpc) is 2.86. The number of hydrogen-bond donors (Lipinski definition) is 1. The summed E-state index contributed by atoms with van der Waals surface area (Å²) in [6, 6.07) is 7.60. The second kappa shape index (κ2) is 6.33. The Morgan fingerprint density at radius 2 is 2.14 bits per heavy atom. The van der Waals surface area contributed by atoms with Crippen molar-refractivity contribution in [1.82, 2.24) is 4.98 Å². The van der Waals surface area contributed by atoms with Crippen LogP contribution in [0.4, 0.5) is 5.69 Å². The molecular formula is C16H15N3OS. The summed E-state index contributed by atoms with van der Waals surface area (Å²) in [5.74, 6) is -0.420. The van der Waals surface area contributed by atoms with E-state index in [0.29, 0.717) is 5.69 Å². The van der Waals surface area contributed by atoms with Gasteiger partial charge in [-0.3, -0.25) is 4.79 Å². The molecule has 21 heavy (non-hydrogen) atoms. The fraction of sp³-hybridized carbons (Fsp3) is 0.188. The molecule has 2 rings (SSSR count). The Balaban J connectivity index is 2.24. The van der Waals surface area contributed by atoms with Gasteiger partial charge in [-0.1, -0.05) is 12.1 Å². The van der Waals surface area contributed by atoms with Crippen LogP contribution in [0.2, 0.25) is 0 Å². The van der Waals surface area contributed by atoms with Gasteiger partial charge in [0.25, 0.3) is 5.91 Å². The summed E-state index contributed by atoms with van der Waals surface area (Å²) in [5, 5.41) is 14.7. The van der Waals surface area contributed by atoms with Gasteiger partial charge in [-0.25, -0.2) is 4.98 Å². The average molecular weight is 297 g/mol. The van der Waals surface area contributed by atoms with E-state index in [4.69, 9.17) is 5.26 Å². The molecule has 2 aromatic rings. The van der Waals surface area contributed by atoms with E-state index in [1.165, 1.54) is 17.4 Å². The van der Waals surface area contributed by atoms with E-state index >= 15 is 0 Å². The maximum absolute atomic E-state index is 12.2. The fourth-order valence-electron chi connectivity index (χ4n) is 1.82. The van der Waals surface area contributed by atoms with Gasteiger partial charge in [0.15, 0.2) is 0 Å². The van der Waals surface area contributed by atoms with E-state index < -0.39 is 5.91 Å². The molecule has 0 atom stereocenters. The minimum absolute atomic E-state index is 0.0428. The van der Waals surface area contributed by atoms with Crippen molar-refractivity contribution in [3.05, 3.63) is 51.0 Å². The zero-order valence-corrected chi connectivity index (χ0v) is 12.9. The number of rotatable bonds is 3. The van der Waals surface area contributed by atoms with Crippen LogP contribution in [-0.4, -0.2) is 10.9 Å². The number of thiazole rings is 1. The third-order valence-corrected chi connectivity index (χ3v) is 3.94. The molecule has 106 valence electrons. The summed E-state index contributed by atoms with van der Waals surface area (Å²) in [4.78, 5) is 16.4. The Hall–Kier alpha value is -2.45. The van der Waals surface area contributed by atoms with Gasteiger partial charge >= 0.3 is 0 Å². The van der Waals surface area contributed by atoms with Gasteiger partial charge in [-0.05, 0) is 44.0 Å². The third-order valence-electron chi connectivity index (χ3n) is 3.15. The van der Waals surface area contributed by atoms with Crippen molar-refractivity contribution in [3.8, 4) is 6.07 Å². The number of benzene rings is 1. The highest BCUT2D eigenvalue weighted by Crippen LogP contribution is 2.19. The number of aryl methyl sites for hydroxylation is 2. The highest BCUT2D eigenvalue weighted by Gasteiger charge is 2.12. The van der Waals surface area contributed by atoms with Gasteiger partial charge in [0.2, 0.25) is 0 Å². The molecule has 1 aromatic carbocycles. The number of nitriles is 1. The zero-order chi connectivity index (χ0) is 15.4. The lowest BCUT2D eigenvalue weighted by Crippen LogP contribution is -2.14. The molecule has 0 aliphatic rings. The standard InChI is InChI=1S/C16H15N3OS/c1-10-5-4-6-15(11(10)2)19-16(20)13(8-17)7-14-9-21-12(3)18-14/h4-7,9H,1-3H3,(H,19,20)/b13-7+. The topological polar surface area (TPSA) is 65.8 Å². The number of nitrogens with zero attached hydrogens (tertiary/aromatic N) is 2. The lowest BCUT2D eigenvalue weighted by Gasteiger charge is -2.09. The Bertz CT molecular complexity index is 753. The Morgan fingerprint density at radius 1 is 1.38 bits per heavy atom. The molecule has 0 aliphatic heterocycles. The number of carbonyl (C=O) groups is 1. The molecule has 4 nitrogen and oxygen atoms in total. The number of nitrogens with one attached hydrogen (secondary N) is 1. The molecule has 0 saturated carbocycles. The predicted octanol–water partition coefficient (Wildman–Crippen LogP) is 3.61. The smallest absolute Gasteiger partial charge is 0.266 e. The van der Waals surface area contributed by atoms with Crippen molar-refractivity contribution in [2.45, 2.75) is 20.8 Å². The number of anilines is 1. The maximum atomic E-state index is 12.2. The van der Waals surface area contributed by atoms with Gasteiger partial charge in [0.05, 0.1) is 10.7 Å². The second-order valence-electron chi connectivity index (χ2n) is 4.66. The van der Waals surface area contributed by atoms with Crippen molar-refractivity contribution in [2.24, 2.45) is 0 Å². The minimum Gasteiger partial charge on any atom is -0.321 e. The van der Waals surface area contributed by atoms with Gasteiger partial charge in [-0.2, -0.15) is 5.26 Å². The summed E-state index contributed by atoms with van der Waals surface area (Å²) >= 11 is 1.48. The minimum atomic E-state index is -0.420. The van der Waals surface area contributed by atoms with Gasteiger partial charge in [0.1, 0.15) is 11.6 Å². The van der Waals surface area contributed by atoms with Crippen molar-refractivity contribution >= 4 is 29.0 Å². The molecule has 0 radical (unpaired) electrons. The van der Waals surface area contributed by atoms with E-state index in [1.54, 1.807) is 0 Å². The van der Waals surface area contributed by atoms with Crippen LogP contribution in [0.5, 0.6) is 0 Å². The Kier molecular flexibility index (Phi) is 4.51. The molecule has 0 bridgehead atoms. The largest absolute Gasteiger partial charge is 0.321 e. The molecule has 1 aromatic heterocycles. The fourth-order valence-corrected chi connectivity index (χ4v) is 2.39. The summed E-state index contributed by atoms with van der Waals surface area (Å²) in [6.07, 6.45) is 1.50. The molecule has 1 heterocycles. The monoisotopic (exact) mass is 297 g/mol. The van der Waals surface area contributed by atoms with Crippen molar-refractivity contribution < 1.29 is 4.79 Å². The SMILES string of the molecule is Cc1nc(/C=C(\C#N)C(=O)Nc2cccc(C)c2C)cs1. The van der Waals surface area contributed by atoms with Crippen LogP contribution in [0.3, 0.4) is 0 Å². The van der Waals surface area contributed by atoms with Crippen LogP contribution >= 0.6 is 11.3 Å². The first-order valence-electron chi connectivity index (χ1n) is 6.42. The predicted molar refractivity (Wildman–Crippen MR) is 85.0 cm³/mol. The molecule has 1 amide bonds. The maximum Gasteiger partial charge on any atom is 0.266 e. The normalized spacial score (nSPS) is 11.0. The van der Waals surface area contributed by atoms with E-state index in [9.17, 15) is 4.79 Å². The molecule has 0 aliphatic carbocycles. The van der Waals surface area contributed by atoms with E-state index in [1.807, 2.05) is 50.4 Å². The number of amides is 1. The Morgan fingerprint density at radius 3 is 2.76 bits per heavy atom. The third kappa shape index (κ3) is 3.56. The molecule has 0 spiro atoms. The molecule has 0 fully saturated rings. The first kappa shape index (κ1) is 14.9. The molecule has 1 N–H and O–H groups in total. The van der Waals surface area contributed by atoms with Gasteiger partial charge in [-0.15, -0.1) is 11.3 Å². The first-order chi connectivity index (χ1) is 10.0. The van der Waals surface area contributed by atoms with E-state index in [2.05, 4.69) is 10.3 Å². The lowest BCUT2D eigenvalue weighted by molar-refractivity contribution is -0.112. The summed E-state index contributed by atoms with van der Waals surface area (Å²) in [6.45, 7) is 5.79. The molecule has 0 saturated heterocycles. The highest BCUT2D eigenvalue weighted by molar-refractivity contribution is 7.09. The quantitative estimate of drug-likeness (QED) is 0.695. The van der Waals surface area contributed by atoms with Crippen LogP contribution in [0, 0.1) is 32.1 Å².